The summed E-state index contributed by atoms with van der Waals surface area (Å²) in [6.45, 7) is 0.710. The molecule has 2 amide bonds. The van der Waals surface area contributed by atoms with Crippen LogP contribution < -0.4 is 10.6 Å². The van der Waals surface area contributed by atoms with E-state index in [1.807, 2.05) is 35.7 Å². The fourth-order valence-corrected chi connectivity index (χ4v) is 2.72. The fraction of sp³-hybridized carbons (Fsp3) is 0.294. The molecule has 23 heavy (non-hydrogen) atoms. The largest absolute Gasteiger partial charge is 0.375 e. The molecule has 0 aliphatic heterocycles. The third-order valence-corrected chi connectivity index (χ3v) is 4.04. The van der Waals surface area contributed by atoms with Crippen molar-refractivity contribution in [2.24, 2.45) is 0 Å². The Morgan fingerprint density at radius 3 is 2.61 bits per heavy atom. The number of carbonyl (C=O) groups is 2. The first kappa shape index (κ1) is 17.2. The Balaban J connectivity index is 1.69. The topological polar surface area (TPSA) is 67.4 Å². The lowest BCUT2D eigenvalue weighted by Crippen LogP contribution is -2.33. The number of thiophene rings is 1. The van der Waals surface area contributed by atoms with Crippen molar-refractivity contribution < 1.29 is 14.3 Å². The zero-order chi connectivity index (χ0) is 16.5. The first-order valence-electron chi connectivity index (χ1n) is 7.35. The normalized spacial score (nSPS) is 11.7. The van der Waals surface area contributed by atoms with Crippen LogP contribution in [-0.4, -0.2) is 32.0 Å². The van der Waals surface area contributed by atoms with Crippen molar-refractivity contribution in [1.82, 2.24) is 10.6 Å². The maximum Gasteiger partial charge on any atom is 0.252 e. The number of carbonyl (C=O) groups excluding carboxylic acids is 2. The maximum absolute atomic E-state index is 11.8. The first-order chi connectivity index (χ1) is 11.2. The standard InChI is InChI=1S/C17H20N2O3S/c1-22-15(13-5-3-2-4-6-13)11-19-16(20)7-9-18-17(21)14-8-10-23-12-14/h2-6,8,10,12,15H,7,9,11H2,1H3,(H,18,21)(H,19,20). The van der Waals surface area contributed by atoms with Crippen molar-refractivity contribution >= 4 is 23.2 Å². The van der Waals surface area contributed by atoms with Crippen LogP contribution in [0.3, 0.4) is 0 Å². The number of amides is 2. The van der Waals surface area contributed by atoms with E-state index in [1.165, 1.54) is 11.3 Å². The van der Waals surface area contributed by atoms with Gasteiger partial charge < -0.3 is 15.4 Å². The molecule has 0 saturated carbocycles. The number of ether oxygens (including phenoxy) is 1. The summed E-state index contributed by atoms with van der Waals surface area (Å²) in [5, 5.41) is 9.17. The van der Waals surface area contributed by atoms with Gasteiger partial charge in [0, 0.05) is 37.6 Å². The van der Waals surface area contributed by atoms with E-state index in [1.54, 1.807) is 18.6 Å². The molecule has 2 aromatic rings. The third kappa shape index (κ3) is 5.50. The molecule has 1 aromatic carbocycles. The van der Waals surface area contributed by atoms with Gasteiger partial charge in [0.1, 0.15) is 0 Å². The minimum Gasteiger partial charge on any atom is -0.375 e. The van der Waals surface area contributed by atoms with Crippen LogP contribution >= 0.6 is 11.3 Å². The lowest BCUT2D eigenvalue weighted by Gasteiger charge is -2.16. The Morgan fingerprint density at radius 2 is 1.96 bits per heavy atom. The van der Waals surface area contributed by atoms with Crippen LogP contribution in [0, 0.1) is 0 Å². The molecule has 0 aliphatic rings. The van der Waals surface area contributed by atoms with Crippen LogP contribution in [0.1, 0.15) is 28.4 Å². The highest BCUT2D eigenvalue weighted by Gasteiger charge is 2.12. The molecule has 122 valence electrons. The van der Waals surface area contributed by atoms with Crippen LogP contribution in [0.4, 0.5) is 0 Å². The molecule has 2 rings (SSSR count). The molecule has 2 N–H and O–H groups in total. The van der Waals surface area contributed by atoms with Gasteiger partial charge in [-0.1, -0.05) is 30.3 Å². The van der Waals surface area contributed by atoms with Crippen LogP contribution in [0.25, 0.3) is 0 Å². The molecule has 0 bridgehead atoms. The summed E-state index contributed by atoms with van der Waals surface area (Å²) in [6.07, 6.45) is 0.0572. The second kappa shape index (κ2) is 9.07. The Bertz CT molecular complexity index is 614. The highest BCUT2D eigenvalue weighted by Crippen LogP contribution is 2.14. The Hall–Kier alpha value is -2.18. The summed E-state index contributed by atoms with van der Waals surface area (Å²) >= 11 is 1.47. The molecule has 1 unspecified atom stereocenters. The molecule has 1 atom stereocenters. The van der Waals surface area contributed by atoms with Gasteiger partial charge in [-0.05, 0) is 17.0 Å². The van der Waals surface area contributed by atoms with E-state index in [4.69, 9.17) is 4.74 Å². The molecule has 0 saturated heterocycles. The van der Waals surface area contributed by atoms with E-state index < -0.39 is 0 Å². The lowest BCUT2D eigenvalue weighted by molar-refractivity contribution is -0.121. The summed E-state index contributed by atoms with van der Waals surface area (Å²) < 4.78 is 5.40. The van der Waals surface area contributed by atoms with Crippen LogP contribution in [-0.2, 0) is 9.53 Å². The van der Waals surface area contributed by atoms with E-state index in [0.29, 0.717) is 18.7 Å². The number of rotatable bonds is 8. The second-order valence-corrected chi connectivity index (χ2v) is 5.74. The van der Waals surface area contributed by atoms with Gasteiger partial charge in [0.15, 0.2) is 0 Å². The molecule has 6 heteroatoms. The molecule has 5 nitrogen and oxygen atoms in total. The monoisotopic (exact) mass is 332 g/mol. The first-order valence-corrected chi connectivity index (χ1v) is 8.30. The van der Waals surface area contributed by atoms with Crippen molar-refractivity contribution in [3.63, 3.8) is 0 Å². The molecule has 0 aliphatic carbocycles. The predicted octanol–water partition coefficient (Wildman–Crippen LogP) is 2.37. The summed E-state index contributed by atoms with van der Waals surface area (Å²) in [4.78, 5) is 23.6. The lowest BCUT2D eigenvalue weighted by atomic mass is 10.1. The zero-order valence-corrected chi connectivity index (χ0v) is 13.8. The summed E-state index contributed by atoms with van der Waals surface area (Å²) in [5.74, 6) is -0.272. The zero-order valence-electron chi connectivity index (χ0n) is 13.0. The van der Waals surface area contributed by atoms with Gasteiger partial charge in [0.25, 0.3) is 5.91 Å². The van der Waals surface area contributed by atoms with E-state index >= 15 is 0 Å². The van der Waals surface area contributed by atoms with Gasteiger partial charge in [-0.3, -0.25) is 9.59 Å². The van der Waals surface area contributed by atoms with Crippen molar-refractivity contribution in [2.75, 3.05) is 20.2 Å². The average Bonchev–Trinajstić information content (AvgIpc) is 3.11. The molecule has 0 spiro atoms. The van der Waals surface area contributed by atoms with E-state index in [2.05, 4.69) is 10.6 Å². The molecular weight excluding hydrogens is 312 g/mol. The number of methoxy groups -OCH3 is 1. The predicted molar refractivity (Wildman–Crippen MR) is 90.5 cm³/mol. The van der Waals surface area contributed by atoms with Gasteiger partial charge in [0.05, 0.1) is 6.10 Å². The maximum atomic E-state index is 11.8. The van der Waals surface area contributed by atoms with Crippen molar-refractivity contribution in [3.05, 3.63) is 58.3 Å². The van der Waals surface area contributed by atoms with Gasteiger partial charge in [-0.15, -0.1) is 0 Å². The minimum atomic E-state index is -0.180. The smallest absolute Gasteiger partial charge is 0.252 e. The Labute approximate surface area is 139 Å². The van der Waals surface area contributed by atoms with Crippen LogP contribution in [0.15, 0.2) is 47.2 Å². The van der Waals surface area contributed by atoms with Crippen molar-refractivity contribution in [3.8, 4) is 0 Å². The quantitative estimate of drug-likeness (QED) is 0.780. The molecule has 1 aromatic heterocycles. The van der Waals surface area contributed by atoms with E-state index in [-0.39, 0.29) is 24.3 Å². The molecule has 0 fully saturated rings. The Morgan fingerprint density at radius 1 is 1.17 bits per heavy atom. The number of benzene rings is 1. The highest BCUT2D eigenvalue weighted by atomic mass is 32.1. The second-order valence-electron chi connectivity index (χ2n) is 4.96. The minimum absolute atomic E-state index is 0.117. The number of nitrogens with one attached hydrogen (secondary N) is 2. The van der Waals surface area contributed by atoms with Gasteiger partial charge >= 0.3 is 0 Å². The van der Waals surface area contributed by atoms with E-state index in [9.17, 15) is 9.59 Å². The molecule has 0 radical (unpaired) electrons. The van der Waals surface area contributed by atoms with Crippen molar-refractivity contribution in [2.45, 2.75) is 12.5 Å². The number of hydrogen-bond acceptors (Lipinski definition) is 4. The summed E-state index contributed by atoms with van der Waals surface area (Å²) in [5.41, 5.74) is 1.64. The number of hydrogen-bond donors (Lipinski definition) is 2. The highest BCUT2D eigenvalue weighted by molar-refractivity contribution is 7.08. The van der Waals surface area contributed by atoms with Gasteiger partial charge in [-0.2, -0.15) is 11.3 Å². The molecular formula is C17H20N2O3S. The van der Waals surface area contributed by atoms with Crippen LogP contribution in [0.5, 0.6) is 0 Å². The van der Waals surface area contributed by atoms with Gasteiger partial charge in [-0.25, -0.2) is 0 Å². The van der Waals surface area contributed by atoms with Crippen LogP contribution in [0.2, 0.25) is 0 Å². The van der Waals surface area contributed by atoms with E-state index in [0.717, 1.165) is 5.56 Å². The SMILES string of the molecule is COC(CNC(=O)CCNC(=O)c1ccsc1)c1ccccc1. The molecule has 1 heterocycles. The van der Waals surface area contributed by atoms with Gasteiger partial charge in [0.2, 0.25) is 5.91 Å². The van der Waals surface area contributed by atoms with Crippen molar-refractivity contribution in [1.29, 1.82) is 0 Å². The summed E-state index contributed by atoms with van der Waals surface area (Å²) in [6, 6.07) is 11.5. The Kier molecular flexibility index (Phi) is 6.77. The fourth-order valence-electron chi connectivity index (χ4n) is 2.09. The summed E-state index contributed by atoms with van der Waals surface area (Å²) in [7, 11) is 1.62. The average molecular weight is 332 g/mol. The third-order valence-electron chi connectivity index (χ3n) is 3.36.